The van der Waals surface area contributed by atoms with Crippen molar-refractivity contribution in [1.29, 1.82) is 0 Å². The number of nitrogens with zero attached hydrogens (tertiary/aromatic N) is 2. The number of pyridine rings is 1. The number of aromatic nitrogens is 1. The zero-order valence-corrected chi connectivity index (χ0v) is 12.2. The first-order valence-corrected chi connectivity index (χ1v) is 6.45. The van der Waals surface area contributed by atoms with E-state index in [2.05, 4.69) is 20.9 Å². The molecular weight excluding hydrogens is 359 g/mol. The molecule has 1 aromatic heterocycles. The molecule has 2 aromatic rings. The van der Waals surface area contributed by atoms with Crippen LogP contribution in [-0.2, 0) is 0 Å². The maximum atomic E-state index is 10.6. The maximum absolute atomic E-state index is 10.6. The molecule has 0 radical (unpaired) electrons. The van der Waals surface area contributed by atoms with Gasteiger partial charge in [0.05, 0.1) is 14.4 Å². The van der Waals surface area contributed by atoms with E-state index in [9.17, 15) is 10.1 Å². The Balaban J connectivity index is 2.29. The Hall–Kier alpha value is -1.37. The molecule has 8 heteroatoms. The normalized spacial score (nSPS) is 10.3. The topological polar surface area (TPSA) is 65.3 Å². The molecule has 0 aliphatic carbocycles. The van der Waals surface area contributed by atoms with Gasteiger partial charge in [-0.15, -0.1) is 0 Å². The Bertz CT molecular complexity index is 652. The van der Waals surface area contributed by atoms with Crippen molar-refractivity contribution in [2.75, 3.05) is 0 Å². The molecule has 5 nitrogen and oxygen atoms in total. The van der Waals surface area contributed by atoms with Crippen molar-refractivity contribution in [3.63, 3.8) is 0 Å². The first-order chi connectivity index (χ1) is 8.97. The third kappa shape index (κ3) is 3.34. The van der Waals surface area contributed by atoms with Crippen molar-refractivity contribution in [2.24, 2.45) is 0 Å². The highest BCUT2D eigenvalue weighted by atomic mass is 79.9. The van der Waals surface area contributed by atoms with Crippen LogP contribution in [0.2, 0.25) is 10.0 Å². The summed E-state index contributed by atoms with van der Waals surface area (Å²) in [7, 11) is 0. The van der Waals surface area contributed by atoms with Gasteiger partial charge in [-0.3, -0.25) is 10.1 Å². The van der Waals surface area contributed by atoms with Crippen LogP contribution < -0.4 is 4.74 Å². The van der Waals surface area contributed by atoms with E-state index in [1.54, 1.807) is 6.07 Å². The molecule has 0 bridgehead atoms. The third-order valence-electron chi connectivity index (χ3n) is 2.10. The van der Waals surface area contributed by atoms with Gasteiger partial charge in [-0.1, -0.05) is 23.2 Å². The predicted molar refractivity (Wildman–Crippen MR) is 75.1 cm³/mol. The minimum atomic E-state index is -0.567. The summed E-state index contributed by atoms with van der Waals surface area (Å²) in [6, 6.07) is 5.67. The molecule has 0 spiro atoms. The molecular formula is C11H5BrCl2N2O3. The molecule has 1 aromatic carbocycles. The van der Waals surface area contributed by atoms with Gasteiger partial charge >= 0.3 is 0 Å². The second-order valence-electron chi connectivity index (χ2n) is 3.41. The van der Waals surface area contributed by atoms with Crippen LogP contribution in [0.15, 0.2) is 34.9 Å². The highest BCUT2D eigenvalue weighted by molar-refractivity contribution is 9.10. The van der Waals surface area contributed by atoms with E-state index in [4.69, 9.17) is 27.9 Å². The maximum Gasteiger partial charge on any atom is 0.288 e. The molecule has 0 atom stereocenters. The van der Waals surface area contributed by atoms with E-state index in [-0.39, 0.29) is 16.6 Å². The van der Waals surface area contributed by atoms with Crippen LogP contribution in [0.25, 0.3) is 0 Å². The quantitative estimate of drug-likeness (QED) is 0.577. The Kier molecular flexibility index (Phi) is 4.24. The summed E-state index contributed by atoms with van der Waals surface area (Å²) < 4.78 is 6.02. The number of nitro groups is 1. The zero-order chi connectivity index (χ0) is 14.0. The summed E-state index contributed by atoms with van der Waals surface area (Å²) >= 11 is 14.8. The van der Waals surface area contributed by atoms with Crippen LogP contribution in [0, 0.1) is 10.1 Å². The van der Waals surface area contributed by atoms with E-state index in [0.717, 1.165) is 0 Å². The second-order valence-corrected chi connectivity index (χ2v) is 5.11. The molecule has 0 fully saturated rings. The lowest BCUT2D eigenvalue weighted by Crippen LogP contribution is -1.92. The molecule has 1 heterocycles. The molecule has 2 rings (SSSR count). The first kappa shape index (κ1) is 14.0. The number of ether oxygens (including phenoxy) is 1. The van der Waals surface area contributed by atoms with E-state index in [1.165, 1.54) is 24.4 Å². The molecule has 0 amide bonds. The Morgan fingerprint density at radius 3 is 2.63 bits per heavy atom. The van der Waals surface area contributed by atoms with E-state index in [1.807, 2.05) is 0 Å². The first-order valence-electron chi connectivity index (χ1n) is 4.90. The van der Waals surface area contributed by atoms with Crippen LogP contribution in [0.3, 0.4) is 0 Å². The van der Waals surface area contributed by atoms with E-state index >= 15 is 0 Å². The summed E-state index contributed by atoms with van der Waals surface area (Å²) in [5, 5.41) is 11.1. The van der Waals surface area contributed by atoms with Crippen molar-refractivity contribution in [3.8, 4) is 11.6 Å². The largest absolute Gasteiger partial charge is 0.438 e. The average Bonchev–Trinajstić information content (AvgIpc) is 2.32. The van der Waals surface area contributed by atoms with Crippen molar-refractivity contribution < 1.29 is 9.66 Å². The van der Waals surface area contributed by atoms with E-state index < -0.39 is 4.92 Å². The fourth-order valence-electron chi connectivity index (χ4n) is 1.29. The van der Waals surface area contributed by atoms with Crippen LogP contribution in [0.1, 0.15) is 0 Å². The van der Waals surface area contributed by atoms with Gasteiger partial charge in [0.25, 0.3) is 5.69 Å². The van der Waals surface area contributed by atoms with Crippen LogP contribution in [0.5, 0.6) is 11.6 Å². The predicted octanol–water partition coefficient (Wildman–Crippen LogP) is 4.85. The minimum absolute atomic E-state index is 0.00686. The summed E-state index contributed by atoms with van der Waals surface area (Å²) in [6.07, 6.45) is 1.43. The Labute approximate surface area is 126 Å². The van der Waals surface area contributed by atoms with Crippen molar-refractivity contribution in [3.05, 3.63) is 55.1 Å². The Morgan fingerprint density at radius 1 is 1.32 bits per heavy atom. The van der Waals surface area contributed by atoms with Crippen molar-refractivity contribution in [1.82, 2.24) is 4.98 Å². The second kappa shape index (κ2) is 5.73. The van der Waals surface area contributed by atoms with Crippen molar-refractivity contribution >= 4 is 44.8 Å². The lowest BCUT2D eigenvalue weighted by atomic mass is 10.3. The zero-order valence-electron chi connectivity index (χ0n) is 9.14. The summed E-state index contributed by atoms with van der Waals surface area (Å²) in [6.45, 7) is 0. The number of nitro benzene ring substituents is 1. The van der Waals surface area contributed by atoms with Gasteiger partial charge in [0.1, 0.15) is 10.8 Å². The molecule has 0 saturated heterocycles. The highest BCUT2D eigenvalue weighted by Gasteiger charge is 2.14. The molecule has 0 aliphatic rings. The smallest absolute Gasteiger partial charge is 0.288 e. The highest BCUT2D eigenvalue weighted by Crippen LogP contribution is 2.33. The van der Waals surface area contributed by atoms with Gasteiger partial charge in [0.15, 0.2) is 0 Å². The molecule has 0 N–H and O–H groups in total. The number of hydrogen-bond acceptors (Lipinski definition) is 4. The molecule has 0 unspecified atom stereocenters. The van der Waals surface area contributed by atoms with Crippen LogP contribution in [0.4, 0.5) is 5.69 Å². The standard InChI is InChI=1S/C11H5BrCl2N2O3/c12-8-3-6(13)5-15-11(8)19-7-1-2-10(16(17)18)9(14)4-7/h1-5H. The molecule has 0 aliphatic heterocycles. The molecule has 0 saturated carbocycles. The van der Waals surface area contributed by atoms with Crippen molar-refractivity contribution in [2.45, 2.75) is 0 Å². The van der Waals surface area contributed by atoms with Crippen LogP contribution >= 0.6 is 39.1 Å². The summed E-state index contributed by atoms with van der Waals surface area (Å²) in [5.74, 6) is 0.625. The molecule has 19 heavy (non-hydrogen) atoms. The lowest BCUT2D eigenvalue weighted by molar-refractivity contribution is -0.384. The fraction of sp³-hybridized carbons (Fsp3) is 0. The molecule has 98 valence electrons. The fourth-order valence-corrected chi connectivity index (χ4v) is 2.25. The van der Waals surface area contributed by atoms with Gasteiger partial charge in [0, 0.05) is 18.3 Å². The number of benzene rings is 1. The average molecular weight is 364 g/mol. The van der Waals surface area contributed by atoms with Gasteiger partial charge in [-0.05, 0) is 28.1 Å². The number of halogens is 3. The number of rotatable bonds is 3. The van der Waals surface area contributed by atoms with Gasteiger partial charge in [0.2, 0.25) is 5.88 Å². The summed E-state index contributed by atoms with van der Waals surface area (Å²) in [4.78, 5) is 14.0. The monoisotopic (exact) mass is 362 g/mol. The summed E-state index contributed by atoms with van der Waals surface area (Å²) in [5.41, 5.74) is -0.183. The number of hydrogen-bond donors (Lipinski definition) is 0. The third-order valence-corrected chi connectivity index (χ3v) is 3.18. The minimum Gasteiger partial charge on any atom is -0.438 e. The Morgan fingerprint density at radius 2 is 2.05 bits per heavy atom. The SMILES string of the molecule is O=[N+]([O-])c1ccc(Oc2ncc(Cl)cc2Br)cc1Cl. The van der Waals surface area contributed by atoms with Crippen LogP contribution in [-0.4, -0.2) is 9.91 Å². The van der Waals surface area contributed by atoms with E-state index in [0.29, 0.717) is 15.2 Å². The lowest BCUT2D eigenvalue weighted by Gasteiger charge is -2.07. The van der Waals surface area contributed by atoms with Gasteiger partial charge < -0.3 is 4.74 Å². The van der Waals surface area contributed by atoms with Gasteiger partial charge in [-0.2, -0.15) is 0 Å². The van der Waals surface area contributed by atoms with Gasteiger partial charge in [-0.25, -0.2) is 4.98 Å².